The lowest BCUT2D eigenvalue weighted by Gasteiger charge is -2.09. The number of rotatable bonds is 5. The van der Waals surface area contributed by atoms with Crippen LogP contribution in [0.1, 0.15) is 16.8 Å². The van der Waals surface area contributed by atoms with Gasteiger partial charge in [0.15, 0.2) is 5.78 Å². The van der Waals surface area contributed by atoms with E-state index in [9.17, 15) is 4.79 Å². The molecule has 0 fully saturated rings. The fourth-order valence-corrected chi connectivity index (χ4v) is 1.80. The first-order valence-corrected chi connectivity index (χ1v) is 6.08. The molecule has 0 N–H and O–H groups in total. The summed E-state index contributed by atoms with van der Waals surface area (Å²) in [6.45, 7) is 0.790. The predicted molar refractivity (Wildman–Crippen MR) is 73.3 cm³/mol. The fourth-order valence-electron chi connectivity index (χ4n) is 1.80. The number of carbonyl (C=O) groups excluding carboxylic acids is 1. The van der Waals surface area contributed by atoms with Crippen LogP contribution in [0.5, 0.6) is 0 Å². The van der Waals surface area contributed by atoms with Crippen LogP contribution in [0.15, 0.2) is 48.8 Å². The van der Waals surface area contributed by atoms with Crippen LogP contribution in [-0.2, 0) is 0 Å². The quantitative estimate of drug-likeness (QED) is 0.753. The van der Waals surface area contributed by atoms with E-state index in [1.807, 2.05) is 72.4 Å². The Labute approximate surface area is 108 Å². The van der Waals surface area contributed by atoms with Crippen LogP contribution in [0.25, 0.3) is 5.69 Å². The molecule has 0 saturated heterocycles. The summed E-state index contributed by atoms with van der Waals surface area (Å²) in [5, 5.41) is 0. The van der Waals surface area contributed by atoms with Gasteiger partial charge in [-0.3, -0.25) is 4.79 Å². The third kappa shape index (κ3) is 3.08. The normalized spacial score (nSPS) is 10.8. The first kappa shape index (κ1) is 12.6. The summed E-state index contributed by atoms with van der Waals surface area (Å²) >= 11 is 0. The molecule has 2 aromatic rings. The minimum Gasteiger partial charge on any atom is -0.324 e. The summed E-state index contributed by atoms with van der Waals surface area (Å²) in [5.41, 5.74) is 1.86. The third-order valence-electron chi connectivity index (χ3n) is 2.88. The molecule has 3 heteroatoms. The molecule has 0 spiro atoms. The van der Waals surface area contributed by atoms with E-state index in [0.717, 1.165) is 17.8 Å². The van der Waals surface area contributed by atoms with E-state index < -0.39 is 0 Å². The lowest BCUT2D eigenvalue weighted by atomic mass is 10.1. The number of hydrogen-bond donors (Lipinski definition) is 0. The van der Waals surface area contributed by atoms with Gasteiger partial charge in [0.25, 0.3) is 0 Å². The average molecular weight is 242 g/mol. The summed E-state index contributed by atoms with van der Waals surface area (Å²) in [6, 6.07) is 11.7. The predicted octanol–water partition coefficient (Wildman–Crippen LogP) is 2.61. The molecule has 0 aliphatic rings. The van der Waals surface area contributed by atoms with Crippen molar-refractivity contribution in [3.8, 4) is 5.69 Å². The number of ketones is 1. The van der Waals surface area contributed by atoms with Crippen molar-refractivity contribution in [3.63, 3.8) is 0 Å². The summed E-state index contributed by atoms with van der Waals surface area (Å²) in [4.78, 5) is 13.9. The van der Waals surface area contributed by atoms with E-state index >= 15 is 0 Å². The van der Waals surface area contributed by atoms with Gasteiger partial charge >= 0.3 is 0 Å². The van der Waals surface area contributed by atoms with Gasteiger partial charge in [-0.2, -0.15) is 0 Å². The number of hydrogen-bond acceptors (Lipinski definition) is 2. The van der Waals surface area contributed by atoms with E-state index in [0.29, 0.717) is 6.42 Å². The summed E-state index contributed by atoms with van der Waals surface area (Å²) < 4.78 is 2.02. The molecule has 0 radical (unpaired) electrons. The molecule has 0 aliphatic carbocycles. The van der Waals surface area contributed by atoms with Crippen molar-refractivity contribution in [2.45, 2.75) is 6.42 Å². The molecule has 0 atom stereocenters. The van der Waals surface area contributed by atoms with Crippen LogP contribution in [0.4, 0.5) is 0 Å². The molecule has 0 amide bonds. The van der Waals surface area contributed by atoms with Crippen LogP contribution in [-0.4, -0.2) is 35.9 Å². The van der Waals surface area contributed by atoms with Gasteiger partial charge in [-0.1, -0.05) is 0 Å². The number of nitrogens with zero attached hydrogens (tertiary/aromatic N) is 2. The molecule has 0 unspecified atom stereocenters. The Hall–Kier alpha value is -1.87. The Morgan fingerprint density at radius 2 is 1.72 bits per heavy atom. The number of aromatic nitrogens is 1. The number of benzene rings is 1. The summed E-state index contributed by atoms with van der Waals surface area (Å²) in [7, 11) is 3.95. The zero-order valence-corrected chi connectivity index (χ0v) is 10.8. The average Bonchev–Trinajstić information content (AvgIpc) is 2.90. The standard InChI is InChI=1S/C15H18N2O/c1-16(2)12-9-15(18)13-5-7-14(8-6-13)17-10-3-4-11-17/h3-8,10-11H,9,12H2,1-2H3. The third-order valence-corrected chi connectivity index (χ3v) is 2.88. The van der Waals surface area contributed by atoms with Gasteiger partial charge in [0, 0.05) is 36.6 Å². The molecule has 1 aromatic heterocycles. The van der Waals surface area contributed by atoms with Crippen LogP contribution < -0.4 is 0 Å². The maximum atomic E-state index is 11.9. The monoisotopic (exact) mass is 242 g/mol. The second-order valence-electron chi connectivity index (χ2n) is 4.61. The van der Waals surface area contributed by atoms with Crippen LogP contribution in [0.3, 0.4) is 0 Å². The van der Waals surface area contributed by atoms with Crippen LogP contribution >= 0.6 is 0 Å². The van der Waals surface area contributed by atoms with Crippen molar-refractivity contribution in [3.05, 3.63) is 54.4 Å². The molecular weight excluding hydrogens is 224 g/mol. The topological polar surface area (TPSA) is 25.2 Å². The van der Waals surface area contributed by atoms with Gasteiger partial charge < -0.3 is 9.47 Å². The zero-order valence-electron chi connectivity index (χ0n) is 10.8. The van der Waals surface area contributed by atoms with Gasteiger partial charge in [0.1, 0.15) is 0 Å². The summed E-state index contributed by atoms with van der Waals surface area (Å²) in [5.74, 6) is 0.197. The van der Waals surface area contributed by atoms with E-state index in [2.05, 4.69) is 0 Å². The van der Waals surface area contributed by atoms with Crippen molar-refractivity contribution < 1.29 is 4.79 Å². The van der Waals surface area contributed by atoms with E-state index in [1.54, 1.807) is 0 Å². The highest BCUT2D eigenvalue weighted by molar-refractivity contribution is 5.96. The van der Waals surface area contributed by atoms with Crippen molar-refractivity contribution >= 4 is 5.78 Å². The minimum atomic E-state index is 0.197. The zero-order chi connectivity index (χ0) is 13.0. The molecule has 3 nitrogen and oxygen atoms in total. The maximum absolute atomic E-state index is 11.9. The van der Waals surface area contributed by atoms with Crippen molar-refractivity contribution in [2.75, 3.05) is 20.6 Å². The van der Waals surface area contributed by atoms with Crippen molar-refractivity contribution in [2.24, 2.45) is 0 Å². The molecule has 2 rings (SSSR count). The van der Waals surface area contributed by atoms with Gasteiger partial charge in [-0.15, -0.1) is 0 Å². The largest absolute Gasteiger partial charge is 0.324 e. The molecule has 0 saturated carbocycles. The minimum absolute atomic E-state index is 0.197. The number of carbonyl (C=O) groups is 1. The van der Waals surface area contributed by atoms with E-state index in [-0.39, 0.29) is 5.78 Å². The highest BCUT2D eigenvalue weighted by Gasteiger charge is 2.06. The van der Waals surface area contributed by atoms with Crippen LogP contribution in [0.2, 0.25) is 0 Å². The molecular formula is C15H18N2O. The molecule has 1 heterocycles. The molecule has 18 heavy (non-hydrogen) atoms. The molecule has 0 aliphatic heterocycles. The Kier molecular flexibility index (Phi) is 3.95. The van der Waals surface area contributed by atoms with E-state index in [1.165, 1.54) is 0 Å². The van der Waals surface area contributed by atoms with Crippen molar-refractivity contribution in [1.29, 1.82) is 0 Å². The first-order chi connectivity index (χ1) is 8.66. The van der Waals surface area contributed by atoms with Gasteiger partial charge in [0.2, 0.25) is 0 Å². The Morgan fingerprint density at radius 1 is 1.11 bits per heavy atom. The van der Waals surface area contributed by atoms with Gasteiger partial charge in [-0.05, 0) is 50.5 Å². The molecule has 0 bridgehead atoms. The van der Waals surface area contributed by atoms with E-state index in [4.69, 9.17) is 0 Å². The second kappa shape index (κ2) is 5.65. The highest BCUT2D eigenvalue weighted by atomic mass is 16.1. The first-order valence-electron chi connectivity index (χ1n) is 6.08. The summed E-state index contributed by atoms with van der Waals surface area (Å²) in [6.07, 6.45) is 4.54. The Morgan fingerprint density at radius 3 is 2.28 bits per heavy atom. The lowest BCUT2D eigenvalue weighted by Crippen LogP contribution is -2.16. The lowest BCUT2D eigenvalue weighted by molar-refractivity contribution is 0.0972. The number of Topliss-reactive ketones (excluding diaryl/α,β-unsaturated/α-hetero) is 1. The van der Waals surface area contributed by atoms with Gasteiger partial charge in [-0.25, -0.2) is 0 Å². The fraction of sp³-hybridized carbons (Fsp3) is 0.267. The highest BCUT2D eigenvalue weighted by Crippen LogP contribution is 2.11. The van der Waals surface area contributed by atoms with Crippen molar-refractivity contribution in [1.82, 2.24) is 9.47 Å². The smallest absolute Gasteiger partial charge is 0.164 e. The Bertz CT molecular complexity index is 498. The van der Waals surface area contributed by atoms with Crippen LogP contribution in [0, 0.1) is 0 Å². The SMILES string of the molecule is CN(C)CCC(=O)c1ccc(-n2cccc2)cc1. The maximum Gasteiger partial charge on any atom is 0.164 e. The molecule has 1 aromatic carbocycles. The second-order valence-corrected chi connectivity index (χ2v) is 4.61. The van der Waals surface area contributed by atoms with Gasteiger partial charge in [0.05, 0.1) is 0 Å². The Balaban J connectivity index is 2.06. The molecule has 94 valence electrons.